The van der Waals surface area contributed by atoms with E-state index in [4.69, 9.17) is 0 Å². The zero-order valence-electron chi connectivity index (χ0n) is 8.66. The van der Waals surface area contributed by atoms with Gasteiger partial charge in [0.1, 0.15) is 0 Å². The summed E-state index contributed by atoms with van der Waals surface area (Å²) in [5.74, 6) is 0. The summed E-state index contributed by atoms with van der Waals surface area (Å²) in [6.07, 6.45) is 6.33. The second-order valence-electron chi connectivity index (χ2n) is 3.54. The second kappa shape index (κ2) is 6.66. The molecule has 76 valence electrons. The van der Waals surface area contributed by atoms with Crippen LogP contribution in [0, 0.1) is 0 Å². The number of hydrogen-bond acceptors (Lipinski definition) is 1. The highest BCUT2D eigenvalue weighted by molar-refractivity contribution is 7.65. The topological polar surface area (TPSA) is 17.1 Å². The Morgan fingerprint density at radius 1 is 1.07 bits per heavy atom. The van der Waals surface area contributed by atoms with Crippen molar-refractivity contribution in [1.82, 2.24) is 0 Å². The van der Waals surface area contributed by atoms with Crippen molar-refractivity contribution in [1.29, 1.82) is 0 Å². The standard InChI is InChI=1S/C12H17OS/c1-2-3-4-5-6-11-7-9-12(14-13)10-8-11/h7-10H,2-6H2,1H3/q+1. The maximum absolute atomic E-state index is 10.5. The molecule has 0 N–H and O–H groups in total. The first-order chi connectivity index (χ1) is 6.86. The normalized spacial score (nSPS) is 10.1. The van der Waals surface area contributed by atoms with E-state index in [1.807, 2.05) is 12.1 Å². The largest absolute Gasteiger partial charge is 0.505 e. The Kier molecular flexibility index (Phi) is 5.38. The van der Waals surface area contributed by atoms with Crippen molar-refractivity contribution in [3.63, 3.8) is 0 Å². The van der Waals surface area contributed by atoms with Crippen LogP contribution in [-0.4, -0.2) is 0 Å². The molecule has 0 spiro atoms. The molecule has 0 atom stereocenters. The smallest absolute Gasteiger partial charge is 0.0654 e. The molecule has 0 saturated carbocycles. The van der Waals surface area contributed by atoms with E-state index in [1.54, 1.807) is 0 Å². The van der Waals surface area contributed by atoms with Crippen molar-refractivity contribution in [3.8, 4) is 0 Å². The molecule has 0 aliphatic carbocycles. The van der Waals surface area contributed by atoms with Gasteiger partial charge in [-0.05, 0) is 18.4 Å². The molecule has 1 rings (SSSR count). The molecule has 0 fully saturated rings. The van der Waals surface area contributed by atoms with Crippen molar-refractivity contribution in [2.45, 2.75) is 43.9 Å². The minimum Gasteiger partial charge on any atom is -0.0654 e. The van der Waals surface area contributed by atoms with Gasteiger partial charge in [0.2, 0.25) is 0 Å². The summed E-state index contributed by atoms with van der Waals surface area (Å²) in [6, 6.07) is 7.94. The van der Waals surface area contributed by atoms with Crippen LogP contribution in [0.2, 0.25) is 0 Å². The van der Waals surface area contributed by atoms with Crippen LogP contribution in [0.15, 0.2) is 29.2 Å². The molecule has 14 heavy (non-hydrogen) atoms. The van der Waals surface area contributed by atoms with Crippen LogP contribution in [0.4, 0.5) is 0 Å². The van der Waals surface area contributed by atoms with Crippen molar-refractivity contribution in [2.24, 2.45) is 0 Å². The van der Waals surface area contributed by atoms with E-state index in [0.717, 1.165) is 11.3 Å². The molecule has 0 amide bonds. The Balaban J connectivity index is 2.32. The highest BCUT2D eigenvalue weighted by Crippen LogP contribution is 2.09. The number of benzene rings is 1. The second-order valence-corrected chi connectivity index (χ2v) is 4.18. The fourth-order valence-corrected chi connectivity index (χ4v) is 1.71. The van der Waals surface area contributed by atoms with Gasteiger partial charge in [-0.15, -0.1) is 0 Å². The molecule has 0 radical (unpaired) electrons. The van der Waals surface area contributed by atoms with E-state index >= 15 is 0 Å². The molecule has 1 aromatic rings. The fourth-order valence-electron chi connectivity index (χ4n) is 1.47. The quantitative estimate of drug-likeness (QED) is 0.517. The number of aryl methyl sites for hydroxylation is 1. The Hall–Kier alpha value is -0.760. The van der Waals surface area contributed by atoms with Gasteiger partial charge >= 0.3 is 11.7 Å². The Morgan fingerprint density at radius 3 is 2.36 bits per heavy atom. The maximum atomic E-state index is 10.5. The van der Waals surface area contributed by atoms with Crippen LogP contribution >= 0.6 is 0 Å². The van der Waals surface area contributed by atoms with Crippen molar-refractivity contribution >= 4 is 11.7 Å². The molecule has 0 bridgehead atoms. The summed E-state index contributed by atoms with van der Waals surface area (Å²) in [5.41, 5.74) is 1.35. The van der Waals surface area contributed by atoms with E-state index in [2.05, 4.69) is 19.1 Å². The third kappa shape index (κ3) is 3.97. The van der Waals surface area contributed by atoms with Crippen LogP contribution in [-0.2, 0) is 22.3 Å². The maximum Gasteiger partial charge on any atom is 0.505 e. The Bertz CT molecular complexity index is 266. The SMILES string of the molecule is CCCCCCc1ccc([S+]=O)cc1. The molecule has 0 aromatic heterocycles. The monoisotopic (exact) mass is 209 g/mol. The van der Waals surface area contributed by atoms with Gasteiger partial charge in [0.05, 0.1) is 0 Å². The van der Waals surface area contributed by atoms with Gasteiger partial charge in [-0.3, -0.25) is 0 Å². The molecule has 0 saturated heterocycles. The molecule has 0 heterocycles. The van der Waals surface area contributed by atoms with Crippen LogP contribution in [0.3, 0.4) is 0 Å². The average Bonchev–Trinajstić information content (AvgIpc) is 2.25. The molecule has 0 aliphatic rings. The third-order valence-electron chi connectivity index (χ3n) is 2.34. The number of rotatable bonds is 6. The van der Waals surface area contributed by atoms with E-state index in [0.29, 0.717) is 11.7 Å². The predicted octanol–water partition coefficient (Wildman–Crippen LogP) is 3.60. The summed E-state index contributed by atoms with van der Waals surface area (Å²) in [5, 5.41) is 0. The number of hydrogen-bond donors (Lipinski definition) is 0. The van der Waals surface area contributed by atoms with Gasteiger partial charge in [-0.25, -0.2) is 0 Å². The lowest BCUT2D eigenvalue weighted by molar-refractivity contribution is 0.605. The summed E-state index contributed by atoms with van der Waals surface area (Å²) in [7, 11) is 0. The lowest BCUT2D eigenvalue weighted by Crippen LogP contribution is -1.85. The fraction of sp³-hybridized carbons (Fsp3) is 0.500. The van der Waals surface area contributed by atoms with Gasteiger partial charge < -0.3 is 0 Å². The molecule has 1 nitrogen and oxygen atoms in total. The molecular weight excluding hydrogens is 192 g/mol. The van der Waals surface area contributed by atoms with Gasteiger partial charge in [-0.2, -0.15) is 0 Å². The molecular formula is C12H17OS+. The molecule has 1 aromatic carbocycles. The Labute approximate surface area is 90.0 Å². The summed E-state index contributed by atoms with van der Waals surface area (Å²) in [4.78, 5) is 0.808. The highest BCUT2D eigenvalue weighted by Gasteiger charge is 2.03. The predicted molar refractivity (Wildman–Crippen MR) is 60.6 cm³/mol. The lowest BCUT2D eigenvalue weighted by Gasteiger charge is -1.99. The van der Waals surface area contributed by atoms with E-state index in [1.165, 1.54) is 31.2 Å². The first-order valence-corrected chi connectivity index (χ1v) is 5.99. The molecule has 0 aliphatic heterocycles. The van der Waals surface area contributed by atoms with E-state index < -0.39 is 0 Å². The van der Waals surface area contributed by atoms with E-state index in [9.17, 15) is 4.21 Å². The van der Waals surface area contributed by atoms with Gasteiger partial charge in [0.15, 0.2) is 0 Å². The summed E-state index contributed by atoms with van der Waals surface area (Å²) < 4.78 is 10.5. The first-order valence-electron chi connectivity index (χ1n) is 5.25. The van der Waals surface area contributed by atoms with E-state index in [-0.39, 0.29) is 0 Å². The van der Waals surface area contributed by atoms with Crippen LogP contribution in [0.1, 0.15) is 38.2 Å². The average molecular weight is 209 g/mol. The summed E-state index contributed by atoms with van der Waals surface area (Å²) in [6.45, 7) is 2.22. The van der Waals surface area contributed by atoms with Gasteiger partial charge in [0, 0.05) is 16.3 Å². The van der Waals surface area contributed by atoms with Crippen LogP contribution < -0.4 is 0 Å². The van der Waals surface area contributed by atoms with Crippen molar-refractivity contribution in [2.75, 3.05) is 0 Å². The Morgan fingerprint density at radius 2 is 1.79 bits per heavy atom. The lowest BCUT2D eigenvalue weighted by atomic mass is 10.1. The van der Waals surface area contributed by atoms with Gasteiger partial charge in [0.25, 0.3) is 4.90 Å². The number of unbranched alkanes of at least 4 members (excludes halogenated alkanes) is 3. The molecule has 0 unspecified atom stereocenters. The summed E-state index contributed by atoms with van der Waals surface area (Å²) >= 11 is 0.559. The third-order valence-corrected chi connectivity index (χ3v) is 2.80. The minimum atomic E-state index is 0.559. The van der Waals surface area contributed by atoms with Crippen LogP contribution in [0.25, 0.3) is 0 Å². The zero-order valence-corrected chi connectivity index (χ0v) is 9.48. The van der Waals surface area contributed by atoms with Crippen molar-refractivity contribution < 1.29 is 4.21 Å². The first kappa shape index (κ1) is 11.3. The minimum absolute atomic E-state index is 0.559. The van der Waals surface area contributed by atoms with Crippen LogP contribution in [0.5, 0.6) is 0 Å². The highest BCUT2D eigenvalue weighted by atomic mass is 32.1. The van der Waals surface area contributed by atoms with Gasteiger partial charge in [-0.1, -0.05) is 38.3 Å². The molecule has 2 heteroatoms. The zero-order chi connectivity index (χ0) is 10.2. The van der Waals surface area contributed by atoms with Crippen molar-refractivity contribution in [3.05, 3.63) is 29.8 Å².